The number of aromatic amines is 1. The molecule has 1 N–H and O–H groups in total. The van der Waals surface area contributed by atoms with Gasteiger partial charge in [0.15, 0.2) is 5.82 Å². The predicted molar refractivity (Wildman–Crippen MR) is 122 cm³/mol. The number of hydrogen-bond donors (Lipinski definition) is 1. The number of thioether (sulfide) groups is 1. The number of hydrogen-bond acceptors (Lipinski definition) is 4. The number of benzene rings is 3. The monoisotopic (exact) mass is 466 g/mol. The maximum atomic E-state index is 13.0. The van der Waals surface area contributed by atoms with Crippen LogP contribution in [0.5, 0.6) is 0 Å². The molecule has 0 fully saturated rings. The first kappa shape index (κ1) is 19.7. The summed E-state index contributed by atoms with van der Waals surface area (Å²) in [4.78, 5) is 19.3. The van der Waals surface area contributed by atoms with Gasteiger partial charge in [-0.2, -0.15) is 0 Å². The Morgan fingerprint density at radius 3 is 2.66 bits per heavy atom. The third-order valence-electron chi connectivity index (χ3n) is 4.59. The Balaban J connectivity index is 1.50. The summed E-state index contributed by atoms with van der Waals surface area (Å²) in [6.45, 7) is 2.59. The Morgan fingerprint density at radius 2 is 1.83 bits per heavy atom. The summed E-state index contributed by atoms with van der Waals surface area (Å²) in [5.41, 5.74) is 1.87. The van der Waals surface area contributed by atoms with Crippen molar-refractivity contribution in [2.45, 2.75) is 12.1 Å². The van der Waals surface area contributed by atoms with Gasteiger partial charge in [-0.05, 0) is 24.4 Å². The molecule has 0 spiro atoms. The van der Waals surface area contributed by atoms with E-state index in [2.05, 4.69) is 43.2 Å². The van der Waals surface area contributed by atoms with Gasteiger partial charge in [0.1, 0.15) is 0 Å². The molecule has 0 bridgehead atoms. The minimum absolute atomic E-state index is 0.0288. The molecule has 4 rings (SSSR count). The van der Waals surface area contributed by atoms with E-state index in [0.29, 0.717) is 17.5 Å². The Morgan fingerprint density at radius 1 is 1.07 bits per heavy atom. The lowest BCUT2D eigenvalue weighted by Gasteiger charge is -2.22. The Labute approximate surface area is 181 Å². The maximum Gasteiger partial charge on any atom is 0.237 e. The Bertz CT molecular complexity index is 1150. The van der Waals surface area contributed by atoms with Crippen LogP contribution in [0.25, 0.3) is 22.2 Å². The summed E-state index contributed by atoms with van der Waals surface area (Å²) in [6.07, 6.45) is 0. The second-order valence-electron chi connectivity index (χ2n) is 6.37. The van der Waals surface area contributed by atoms with Crippen molar-refractivity contribution >= 4 is 50.1 Å². The number of carbonyl (C=O) groups is 1. The third kappa shape index (κ3) is 4.21. The molecule has 0 atom stereocenters. The van der Waals surface area contributed by atoms with Crippen LogP contribution in [0.3, 0.4) is 0 Å². The quantitative estimate of drug-likeness (QED) is 0.379. The highest BCUT2D eigenvalue weighted by atomic mass is 79.9. The van der Waals surface area contributed by atoms with Crippen LogP contribution >= 0.6 is 27.7 Å². The molecule has 29 heavy (non-hydrogen) atoms. The zero-order valence-corrected chi connectivity index (χ0v) is 18.2. The van der Waals surface area contributed by atoms with Crippen LogP contribution in [-0.2, 0) is 4.79 Å². The van der Waals surface area contributed by atoms with E-state index in [0.717, 1.165) is 26.5 Å². The van der Waals surface area contributed by atoms with Crippen molar-refractivity contribution in [1.29, 1.82) is 0 Å². The van der Waals surface area contributed by atoms with E-state index in [1.807, 2.05) is 66.4 Å². The van der Waals surface area contributed by atoms with E-state index < -0.39 is 0 Å². The summed E-state index contributed by atoms with van der Waals surface area (Å²) in [6, 6.07) is 22.0. The van der Waals surface area contributed by atoms with Crippen LogP contribution < -0.4 is 4.90 Å². The molecular formula is C22H19BrN4OS. The van der Waals surface area contributed by atoms with Crippen molar-refractivity contribution in [3.05, 3.63) is 71.2 Å². The maximum absolute atomic E-state index is 13.0. The van der Waals surface area contributed by atoms with Gasteiger partial charge in [-0.15, -0.1) is 5.10 Å². The molecule has 0 unspecified atom stereocenters. The number of halogens is 1. The normalized spacial score (nSPS) is 11.0. The van der Waals surface area contributed by atoms with Crippen LogP contribution in [0, 0.1) is 0 Å². The van der Waals surface area contributed by atoms with Gasteiger partial charge in [-0.1, -0.05) is 82.3 Å². The number of nitrogens with one attached hydrogen (secondary N) is 1. The highest BCUT2D eigenvalue weighted by molar-refractivity contribution is 9.10. The summed E-state index contributed by atoms with van der Waals surface area (Å²) < 4.78 is 0.942. The van der Waals surface area contributed by atoms with Gasteiger partial charge in [0.05, 0.1) is 11.4 Å². The van der Waals surface area contributed by atoms with Crippen molar-refractivity contribution < 1.29 is 4.79 Å². The molecule has 1 heterocycles. The Hall–Kier alpha value is -2.64. The average Bonchev–Trinajstić information content (AvgIpc) is 3.22. The van der Waals surface area contributed by atoms with Gasteiger partial charge in [-0.3, -0.25) is 9.89 Å². The molecule has 1 aromatic heterocycles. The van der Waals surface area contributed by atoms with Gasteiger partial charge >= 0.3 is 0 Å². The number of nitrogens with zero attached hydrogens (tertiary/aromatic N) is 3. The van der Waals surface area contributed by atoms with E-state index in [1.165, 1.54) is 11.8 Å². The number of anilines is 1. The second kappa shape index (κ2) is 8.80. The summed E-state index contributed by atoms with van der Waals surface area (Å²) in [7, 11) is 0. The zero-order chi connectivity index (χ0) is 20.2. The van der Waals surface area contributed by atoms with Crippen molar-refractivity contribution in [2.24, 2.45) is 0 Å². The molecule has 7 heteroatoms. The largest absolute Gasteiger partial charge is 0.311 e. The standard InChI is InChI=1S/C22H19BrN4OS/c1-2-27(19-13-7-9-15-8-3-4-10-16(15)19)20(28)14-29-22-24-21(25-26-22)17-11-5-6-12-18(17)23/h3-13H,2,14H2,1H3,(H,24,25,26). The molecular weight excluding hydrogens is 448 g/mol. The lowest BCUT2D eigenvalue weighted by molar-refractivity contribution is -0.116. The Kier molecular flexibility index (Phi) is 5.97. The predicted octanol–water partition coefficient (Wildman–Crippen LogP) is 5.53. The van der Waals surface area contributed by atoms with Crippen molar-refractivity contribution in [3.8, 4) is 11.4 Å². The summed E-state index contributed by atoms with van der Waals surface area (Å²) in [5.74, 6) is 0.972. The highest BCUT2D eigenvalue weighted by Crippen LogP contribution is 2.29. The zero-order valence-electron chi connectivity index (χ0n) is 15.8. The van der Waals surface area contributed by atoms with Crippen LogP contribution in [0.15, 0.2) is 76.4 Å². The molecule has 0 saturated heterocycles. The fourth-order valence-electron chi connectivity index (χ4n) is 3.21. The molecule has 0 saturated carbocycles. The topological polar surface area (TPSA) is 61.9 Å². The summed E-state index contributed by atoms with van der Waals surface area (Å²) >= 11 is 4.86. The van der Waals surface area contributed by atoms with E-state index in [-0.39, 0.29) is 11.7 Å². The number of H-pyrrole nitrogens is 1. The van der Waals surface area contributed by atoms with Gasteiger partial charge in [0.2, 0.25) is 11.1 Å². The van der Waals surface area contributed by atoms with E-state index in [4.69, 9.17) is 0 Å². The molecule has 0 radical (unpaired) electrons. The molecule has 5 nitrogen and oxygen atoms in total. The van der Waals surface area contributed by atoms with Gasteiger partial charge in [0, 0.05) is 22.0 Å². The molecule has 0 aliphatic heterocycles. The first-order valence-corrected chi connectivity index (χ1v) is 11.0. The highest BCUT2D eigenvalue weighted by Gasteiger charge is 2.18. The van der Waals surface area contributed by atoms with Crippen LogP contribution in [-0.4, -0.2) is 33.4 Å². The van der Waals surface area contributed by atoms with Crippen LogP contribution in [0.1, 0.15) is 6.92 Å². The number of carbonyl (C=O) groups excluding carboxylic acids is 1. The molecule has 0 aliphatic carbocycles. The van der Waals surface area contributed by atoms with Gasteiger partial charge < -0.3 is 4.90 Å². The minimum Gasteiger partial charge on any atom is -0.311 e. The first-order chi connectivity index (χ1) is 14.2. The number of aromatic nitrogens is 3. The fraction of sp³-hybridized carbons (Fsp3) is 0.136. The summed E-state index contributed by atoms with van der Waals surface area (Å²) in [5, 5.41) is 9.95. The third-order valence-corrected chi connectivity index (χ3v) is 6.12. The second-order valence-corrected chi connectivity index (χ2v) is 8.17. The van der Waals surface area contributed by atoms with Gasteiger partial charge in [0.25, 0.3) is 0 Å². The lowest BCUT2D eigenvalue weighted by atomic mass is 10.1. The number of rotatable bonds is 6. The minimum atomic E-state index is 0.0288. The lowest BCUT2D eigenvalue weighted by Crippen LogP contribution is -2.32. The molecule has 3 aromatic carbocycles. The fourth-order valence-corrected chi connectivity index (χ4v) is 4.36. The number of fused-ring (bicyclic) bond motifs is 1. The van der Waals surface area contributed by atoms with Crippen molar-refractivity contribution in [1.82, 2.24) is 15.2 Å². The van der Waals surface area contributed by atoms with Crippen molar-refractivity contribution in [2.75, 3.05) is 17.2 Å². The SMILES string of the molecule is CCN(C(=O)CSc1n[nH]c(-c2ccccc2Br)n1)c1cccc2ccccc12. The van der Waals surface area contributed by atoms with Crippen molar-refractivity contribution in [3.63, 3.8) is 0 Å². The number of amides is 1. The van der Waals surface area contributed by atoms with Gasteiger partial charge in [-0.25, -0.2) is 4.98 Å². The molecule has 0 aliphatic rings. The van der Waals surface area contributed by atoms with E-state index in [9.17, 15) is 4.79 Å². The smallest absolute Gasteiger partial charge is 0.237 e. The molecule has 4 aromatic rings. The molecule has 1 amide bonds. The molecule has 146 valence electrons. The average molecular weight is 467 g/mol. The first-order valence-electron chi connectivity index (χ1n) is 9.25. The van der Waals surface area contributed by atoms with E-state index >= 15 is 0 Å². The van der Waals surface area contributed by atoms with E-state index in [1.54, 1.807) is 0 Å². The van der Waals surface area contributed by atoms with Crippen LogP contribution in [0.4, 0.5) is 5.69 Å². The van der Waals surface area contributed by atoms with Crippen LogP contribution in [0.2, 0.25) is 0 Å².